The molecule has 1 unspecified atom stereocenters. The summed E-state index contributed by atoms with van der Waals surface area (Å²) < 4.78 is -0.332. The summed E-state index contributed by atoms with van der Waals surface area (Å²) in [5.41, 5.74) is 0.788. The van der Waals surface area contributed by atoms with Crippen molar-refractivity contribution in [2.24, 2.45) is 0 Å². The highest BCUT2D eigenvalue weighted by molar-refractivity contribution is 9.48. The highest BCUT2D eigenvalue weighted by Gasteiger charge is 2.42. The molecule has 14 heavy (non-hydrogen) atoms. The molecule has 1 rings (SSSR count). The van der Waals surface area contributed by atoms with E-state index in [1.54, 1.807) is 0 Å². The van der Waals surface area contributed by atoms with E-state index < -0.39 is 0 Å². The zero-order chi connectivity index (χ0) is 10.8. The molecule has 76 valence electrons. The Kier molecular flexibility index (Phi) is 3.78. The first-order valence-electron chi connectivity index (χ1n) is 4.38. The van der Waals surface area contributed by atoms with E-state index in [4.69, 9.17) is 0 Å². The SMILES string of the molecule is C[S+](Br)C(C)(C)C(=O)c1ccccc1. The molecule has 1 atom stereocenters. The molecule has 0 N–H and O–H groups in total. The Balaban J connectivity index is 2.97. The second kappa shape index (κ2) is 4.49. The summed E-state index contributed by atoms with van der Waals surface area (Å²) in [5, 5.41) is 0. The molecular formula is C11H14BrOS+. The summed E-state index contributed by atoms with van der Waals surface area (Å²) in [7, 11) is -0.0935. The highest BCUT2D eigenvalue weighted by atomic mass is 79.9. The summed E-state index contributed by atoms with van der Waals surface area (Å²) in [5.74, 6) is 0.195. The van der Waals surface area contributed by atoms with Crippen molar-refractivity contribution in [2.75, 3.05) is 6.26 Å². The Morgan fingerprint density at radius 3 is 2.21 bits per heavy atom. The lowest BCUT2D eigenvalue weighted by atomic mass is 10.0. The van der Waals surface area contributed by atoms with Crippen molar-refractivity contribution in [3.05, 3.63) is 35.9 Å². The van der Waals surface area contributed by atoms with Crippen LogP contribution in [0.1, 0.15) is 24.2 Å². The molecule has 0 aliphatic heterocycles. The van der Waals surface area contributed by atoms with E-state index in [-0.39, 0.29) is 19.9 Å². The van der Waals surface area contributed by atoms with Gasteiger partial charge < -0.3 is 0 Å². The quantitative estimate of drug-likeness (QED) is 0.611. The van der Waals surface area contributed by atoms with Crippen LogP contribution in [0.4, 0.5) is 0 Å². The Hall–Kier alpha value is -0.280. The number of hydrogen-bond donors (Lipinski definition) is 0. The number of carbonyl (C=O) groups excluding carboxylic acids is 1. The average molecular weight is 274 g/mol. The highest BCUT2D eigenvalue weighted by Crippen LogP contribution is 2.27. The van der Waals surface area contributed by atoms with Gasteiger partial charge in [0.25, 0.3) is 0 Å². The van der Waals surface area contributed by atoms with Crippen LogP contribution in [-0.2, 0) is 9.33 Å². The predicted octanol–water partition coefficient (Wildman–Crippen LogP) is 3.21. The van der Waals surface area contributed by atoms with Gasteiger partial charge in [0.1, 0.15) is 6.26 Å². The maximum Gasteiger partial charge on any atom is 0.233 e. The molecule has 0 fully saturated rings. The number of ketones is 1. The third-order valence-electron chi connectivity index (χ3n) is 2.29. The van der Waals surface area contributed by atoms with E-state index >= 15 is 0 Å². The van der Waals surface area contributed by atoms with Crippen LogP contribution in [0.3, 0.4) is 0 Å². The van der Waals surface area contributed by atoms with Crippen molar-refractivity contribution in [3.8, 4) is 0 Å². The third kappa shape index (κ3) is 2.39. The van der Waals surface area contributed by atoms with Crippen molar-refractivity contribution < 1.29 is 4.79 Å². The van der Waals surface area contributed by atoms with Crippen molar-refractivity contribution in [3.63, 3.8) is 0 Å². The molecule has 0 heterocycles. The van der Waals surface area contributed by atoms with Crippen molar-refractivity contribution >= 4 is 29.9 Å². The molecule has 0 saturated heterocycles. The fourth-order valence-corrected chi connectivity index (χ4v) is 1.88. The fourth-order valence-electron chi connectivity index (χ4n) is 1.06. The molecule has 0 aliphatic rings. The van der Waals surface area contributed by atoms with Crippen molar-refractivity contribution in [2.45, 2.75) is 18.6 Å². The van der Waals surface area contributed by atoms with Gasteiger partial charge >= 0.3 is 0 Å². The molecule has 1 aromatic rings. The first kappa shape index (κ1) is 11.8. The van der Waals surface area contributed by atoms with E-state index in [9.17, 15) is 4.79 Å². The van der Waals surface area contributed by atoms with Gasteiger partial charge in [-0.15, -0.1) is 0 Å². The largest absolute Gasteiger partial charge is 0.288 e. The summed E-state index contributed by atoms with van der Waals surface area (Å²) in [4.78, 5) is 12.1. The van der Waals surface area contributed by atoms with Crippen molar-refractivity contribution in [1.82, 2.24) is 0 Å². The fraction of sp³-hybridized carbons (Fsp3) is 0.364. The van der Waals surface area contributed by atoms with E-state index in [1.165, 1.54) is 0 Å². The number of rotatable bonds is 3. The van der Waals surface area contributed by atoms with E-state index in [2.05, 4.69) is 14.8 Å². The third-order valence-corrected chi connectivity index (χ3v) is 6.31. The average Bonchev–Trinajstić information content (AvgIpc) is 2.17. The molecule has 0 spiro atoms. The molecule has 0 bridgehead atoms. The second-order valence-electron chi connectivity index (χ2n) is 3.64. The van der Waals surface area contributed by atoms with Gasteiger partial charge in [0, 0.05) is 5.56 Å². The van der Waals surface area contributed by atoms with Crippen molar-refractivity contribution in [1.29, 1.82) is 0 Å². The van der Waals surface area contributed by atoms with Crippen LogP contribution in [-0.4, -0.2) is 16.8 Å². The minimum Gasteiger partial charge on any atom is -0.288 e. The van der Waals surface area contributed by atoms with Gasteiger partial charge in [0.05, 0.1) is 9.33 Å². The van der Waals surface area contributed by atoms with Crippen LogP contribution < -0.4 is 0 Å². The number of halogens is 1. The number of carbonyl (C=O) groups is 1. The topological polar surface area (TPSA) is 17.1 Å². The Morgan fingerprint density at radius 2 is 1.79 bits per heavy atom. The molecule has 0 amide bonds. The van der Waals surface area contributed by atoms with E-state index in [1.807, 2.05) is 50.4 Å². The van der Waals surface area contributed by atoms with E-state index in [0.29, 0.717) is 0 Å². The summed E-state index contributed by atoms with van der Waals surface area (Å²) in [6.07, 6.45) is 2.03. The van der Waals surface area contributed by atoms with Gasteiger partial charge in [-0.2, -0.15) is 0 Å². The van der Waals surface area contributed by atoms with Gasteiger partial charge in [0.15, 0.2) is 4.75 Å². The van der Waals surface area contributed by atoms with Crippen LogP contribution in [0.5, 0.6) is 0 Å². The van der Waals surface area contributed by atoms with Crippen LogP contribution in [0.25, 0.3) is 0 Å². The monoisotopic (exact) mass is 273 g/mol. The molecule has 1 nitrogen and oxygen atoms in total. The summed E-state index contributed by atoms with van der Waals surface area (Å²) >= 11 is 3.50. The van der Waals surface area contributed by atoms with Gasteiger partial charge in [-0.05, 0) is 13.8 Å². The van der Waals surface area contributed by atoms with Gasteiger partial charge in [-0.25, -0.2) is 0 Å². The zero-order valence-corrected chi connectivity index (χ0v) is 11.0. The molecule has 1 aromatic carbocycles. The van der Waals surface area contributed by atoms with Gasteiger partial charge in [0.2, 0.25) is 20.6 Å². The number of benzene rings is 1. The second-order valence-corrected chi connectivity index (χ2v) is 8.45. The van der Waals surface area contributed by atoms with Crippen LogP contribution >= 0.6 is 14.8 Å². The maximum atomic E-state index is 12.1. The molecule has 0 radical (unpaired) electrons. The van der Waals surface area contributed by atoms with E-state index in [0.717, 1.165) is 5.56 Å². The maximum absolute atomic E-state index is 12.1. The molecular weight excluding hydrogens is 260 g/mol. The predicted molar refractivity (Wildman–Crippen MR) is 67.1 cm³/mol. The Morgan fingerprint density at radius 1 is 1.29 bits per heavy atom. The number of hydrogen-bond acceptors (Lipinski definition) is 1. The first-order chi connectivity index (χ1) is 6.46. The Bertz CT molecular complexity index is 319. The summed E-state index contributed by atoms with van der Waals surface area (Å²) in [6.45, 7) is 3.94. The zero-order valence-electron chi connectivity index (χ0n) is 8.58. The van der Waals surface area contributed by atoms with Crippen LogP contribution in [0, 0.1) is 0 Å². The van der Waals surface area contributed by atoms with Gasteiger partial charge in [-0.1, -0.05) is 30.3 Å². The Labute approximate surface area is 95.5 Å². The lowest BCUT2D eigenvalue weighted by Gasteiger charge is -2.17. The first-order valence-corrected chi connectivity index (χ1v) is 7.86. The minimum absolute atomic E-state index is 0.0935. The molecule has 0 aliphatic carbocycles. The smallest absolute Gasteiger partial charge is 0.233 e. The number of Topliss-reactive ketones (excluding diaryl/α,β-unsaturated/α-hetero) is 1. The summed E-state index contributed by atoms with van der Waals surface area (Å²) in [6, 6.07) is 9.44. The van der Waals surface area contributed by atoms with Gasteiger partial charge in [-0.3, -0.25) is 4.79 Å². The lowest BCUT2D eigenvalue weighted by Crippen LogP contribution is -2.37. The lowest BCUT2D eigenvalue weighted by molar-refractivity contribution is 0.0957. The van der Waals surface area contributed by atoms with Crippen LogP contribution in [0.2, 0.25) is 0 Å². The molecule has 3 heteroatoms. The molecule has 0 aromatic heterocycles. The molecule has 0 saturated carbocycles. The standard InChI is InChI=1S/C11H14BrOS/c1-11(2,14(3)12)10(13)9-7-5-4-6-8-9/h4-8H,1-3H3/q+1. The van der Waals surface area contributed by atoms with Crippen LogP contribution in [0.15, 0.2) is 30.3 Å². The normalized spacial score (nSPS) is 13.7. The minimum atomic E-state index is -0.332.